The van der Waals surface area contributed by atoms with E-state index in [9.17, 15) is 9.59 Å². The van der Waals surface area contributed by atoms with Gasteiger partial charge in [-0.2, -0.15) is 0 Å². The highest BCUT2D eigenvalue weighted by Gasteiger charge is 2.50. The lowest BCUT2D eigenvalue weighted by molar-refractivity contribution is -0.126. The Kier molecular flexibility index (Phi) is 5.11. The minimum atomic E-state index is -0.348. The van der Waals surface area contributed by atoms with Crippen LogP contribution in [0.5, 0.6) is 0 Å². The summed E-state index contributed by atoms with van der Waals surface area (Å²) < 4.78 is 0. The number of aryl methyl sites for hydroxylation is 1. The fourth-order valence-corrected chi connectivity index (χ4v) is 4.04. The van der Waals surface area contributed by atoms with Crippen molar-refractivity contribution in [3.63, 3.8) is 0 Å². The number of carbonyl (C=O) groups excluding carboxylic acids is 2. The summed E-state index contributed by atoms with van der Waals surface area (Å²) in [6, 6.07) is 14.8. The summed E-state index contributed by atoms with van der Waals surface area (Å²) in [5, 5.41) is 4.53. The molecule has 0 aliphatic carbocycles. The Balaban J connectivity index is 1.58. The molecule has 2 saturated heterocycles. The van der Waals surface area contributed by atoms with E-state index in [2.05, 4.69) is 27.6 Å². The molecule has 7 nitrogen and oxygen atoms in total. The van der Waals surface area contributed by atoms with Gasteiger partial charge in [0.15, 0.2) is 0 Å². The lowest BCUT2D eigenvalue weighted by atomic mass is 9.84. The van der Waals surface area contributed by atoms with Crippen LogP contribution in [-0.4, -0.2) is 47.4 Å². The molecular formula is C21H25N5O2. The summed E-state index contributed by atoms with van der Waals surface area (Å²) in [6.45, 7) is 6.01. The van der Waals surface area contributed by atoms with Gasteiger partial charge in [-0.3, -0.25) is 9.59 Å². The van der Waals surface area contributed by atoms with Gasteiger partial charge in [-0.15, -0.1) is 0 Å². The van der Waals surface area contributed by atoms with Crippen LogP contribution in [0.3, 0.4) is 0 Å². The van der Waals surface area contributed by atoms with Gasteiger partial charge < -0.3 is 10.2 Å². The molecule has 2 aromatic rings. The van der Waals surface area contributed by atoms with E-state index in [1.54, 1.807) is 11.1 Å². The van der Waals surface area contributed by atoms with Gasteiger partial charge in [-0.25, -0.2) is 15.4 Å². The van der Waals surface area contributed by atoms with Gasteiger partial charge in [0.2, 0.25) is 11.8 Å². The summed E-state index contributed by atoms with van der Waals surface area (Å²) in [5.41, 5.74) is 4.95. The van der Waals surface area contributed by atoms with Crippen molar-refractivity contribution in [2.75, 3.05) is 30.0 Å². The molecule has 3 unspecified atom stereocenters. The average molecular weight is 379 g/mol. The summed E-state index contributed by atoms with van der Waals surface area (Å²) in [4.78, 5) is 32.7. The first kappa shape index (κ1) is 18.6. The third-order valence-electron chi connectivity index (χ3n) is 5.53. The number of amides is 2. The molecule has 146 valence electrons. The van der Waals surface area contributed by atoms with Crippen LogP contribution < -0.4 is 15.8 Å². The van der Waals surface area contributed by atoms with E-state index >= 15 is 0 Å². The van der Waals surface area contributed by atoms with Crippen molar-refractivity contribution >= 4 is 23.3 Å². The van der Waals surface area contributed by atoms with Gasteiger partial charge in [0.05, 0.1) is 23.6 Å². The maximum atomic E-state index is 13.1. The summed E-state index contributed by atoms with van der Waals surface area (Å²) >= 11 is 0. The molecule has 0 bridgehead atoms. The van der Waals surface area contributed by atoms with Crippen molar-refractivity contribution in [1.82, 2.24) is 15.3 Å². The van der Waals surface area contributed by atoms with Crippen LogP contribution in [0.25, 0.3) is 0 Å². The molecule has 2 aliphatic rings. The van der Waals surface area contributed by atoms with Gasteiger partial charge in [-0.05, 0) is 37.7 Å². The predicted molar refractivity (Wildman–Crippen MR) is 108 cm³/mol. The van der Waals surface area contributed by atoms with E-state index in [0.29, 0.717) is 18.9 Å². The third-order valence-corrected chi connectivity index (χ3v) is 5.53. The summed E-state index contributed by atoms with van der Waals surface area (Å²) in [6.07, 6.45) is 0. The molecule has 2 aliphatic heterocycles. The normalized spacial score (nSPS) is 24.9. The van der Waals surface area contributed by atoms with Crippen molar-refractivity contribution < 1.29 is 9.59 Å². The van der Waals surface area contributed by atoms with Gasteiger partial charge in [-0.1, -0.05) is 31.2 Å². The molecule has 0 spiro atoms. The standard InChI is InChI=1S/C21H25N5O2/c1-3-25-12-16(20(27)23-18-11-7-8-14(2)22-18)19-17(13-25)21(28)26(24-19)15-9-5-4-6-10-15/h4-11,16-17,19,24H,3,12-13H2,1-2H3,(H,22,23,27). The van der Waals surface area contributed by atoms with Gasteiger partial charge >= 0.3 is 0 Å². The number of hydrazine groups is 1. The number of carbonyl (C=O) groups is 2. The zero-order valence-corrected chi connectivity index (χ0v) is 16.1. The van der Waals surface area contributed by atoms with Crippen molar-refractivity contribution in [2.24, 2.45) is 11.8 Å². The van der Waals surface area contributed by atoms with Crippen molar-refractivity contribution in [3.05, 3.63) is 54.2 Å². The third kappa shape index (κ3) is 3.50. The molecule has 0 saturated carbocycles. The number of rotatable bonds is 4. The number of hydrogen-bond donors (Lipinski definition) is 2. The maximum Gasteiger partial charge on any atom is 0.247 e. The lowest BCUT2D eigenvalue weighted by Gasteiger charge is -2.37. The highest BCUT2D eigenvalue weighted by atomic mass is 16.2. The minimum absolute atomic E-state index is 0.0147. The molecule has 7 heteroatoms. The van der Waals surface area contributed by atoms with Gasteiger partial charge in [0.25, 0.3) is 0 Å². The second-order valence-corrected chi connectivity index (χ2v) is 7.38. The fourth-order valence-electron chi connectivity index (χ4n) is 4.04. The molecular weight excluding hydrogens is 354 g/mol. The predicted octanol–water partition coefficient (Wildman–Crippen LogP) is 1.82. The van der Waals surface area contributed by atoms with Crippen molar-refractivity contribution in [3.8, 4) is 0 Å². The Morgan fingerprint density at radius 1 is 1.18 bits per heavy atom. The quantitative estimate of drug-likeness (QED) is 0.847. The zero-order valence-electron chi connectivity index (χ0n) is 16.1. The van der Waals surface area contributed by atoms with E-state index in [0.717, 1.165) is 17.9 Å². The van der Waals surface area contributed by atoms with Crippen LogP contribution in [0.4, 0.5) is 11.5 Å². The Bertz CT molecular complexity index is 872. The molecule has 2 N–H and O–H groups in total. The van der Waals surface area contributed by atoms with Crippen LogP contribution in [0.1, 0.15) is 12.6 Å². The molecule has 3 atom stereocenters. The van der Waals surface area contributed by atoms with Crippen molar-refractivity contribution in [2.45, 2.75) is 19.9 Å². The lowest BCUT2D eigenvalue weighted by Crippen LogP contribution is -2.56. The maximum absolute atomic E-state index is 13.1. The van der Waals surface area contributed by atoms with E-state index in [4.69, 9.17) is 0 Å². The molecule has 1 aromatic heterocycles. The highest BCUT2D eigenvalue weighted by Crippen LogP contribution is 2.32. The SMILES string of the molecule is CCN1CC(C(=O)Nc2cccc(C)n2)C2NN(c3ccccc3)C(=O)C2C1. The van der Waals surface area contributed by atoms with Crippen LogP contribution in [0, 0.1) is 18.8 Å². The van der Waals surface area contributed by atoms with Crippen LogP contribution in [0.15, 0.2) is 48.5 Å². The minimum Gasteiger partial charge on any atom is -0.310 e. The molecule has 1 aromatic carbocycles. The molecule has 3 heterocycles. The first-order chi connectivity index (χ1) is 13.6. The van der Waals surface area contributed by atoms with Gasteiger partial charge in [0.1, 0.15) is 5.82 Å². The molecule has 0 radical (unpaired) electrons. The first-order valence-electron chi connectivity index (χ1n) is 9.69. The molecule has 2 amide bonds. The second-order valence-electron chi connectivity index (χ2n) is 7.38. The zero-order chi connectivity index (χ0) is 19.7. The number of aromatic nitrogens is 1. The number of likely N-dealkylation sites (tertiary alicyclic amines) is 1. The smallest absolute Gasteiger partial charge is 0.247 e. The van der Waals surface area contributed by atoms with E-state index in [1.807, 2.05) is 49.4 Å². The van der Waals surface area contributed by atoms with Gasteiger partial charge in [0, 0.05) is 18.8 Å². The second kappa shape index (κ2) is 7.69. The van der Waals surface area contributed by atoms with E-state index in [1.165, 1.54) is 0 Å². The molecule has 28 heavy (non-hydrogen) atoms. The number of fused-ring (bicyclic) bond motifs is 1. The largest absolute Gasteiger partial charge is 0.310 e. The number of pyridine rings is 1. The Morgan fingerprint density at radius 2 is 1.96 bits per heavy atom. The Hall–Kier alpha value is -2.77. The Morgan fingerprint density at radius 3 is 2.68 bits per heavy atom. The number of anilines is 2. The summed E-state index contributed by atoms with van der Waals surface area (Å²) in [5.74, 6) is -0.157. The Labute approximate surface area is 164 Å². The number of para-hydroxylation sites is 1. The average Bonchev–Trinajstić information content (AvgIpc) is 3.04. The first-order valence-corrected chi connectivity index (χ1v) is 9.69. The number of piperidine rings is 1. The summed E-state index contributed by atoms with van der Waals surface area (Å²) in [7, 11) is 0. The van der Waals surface area contributed by atoms with Crippen LogP contribution in [-0.2, 0) is 9.59 Å². The fraction of sp³-hybridized carbons (Fsp3) is 0.381. The molecule has 4 rings (SSSR count). The molecule has 2 fully saturated rings. The van der Waals surface area contributed by atoms with E-state index in [-0.39, 0.29) is 29.7 Å². The van der Waals surface area contributed by atoms with E-state index < -0.39 is 0 Å². The topological polar surface area (TPSA) is 77.6 Å². The number of hydrogen-bond acceptors (Lipinski definition) is 5. The van der Waals surface area contributed by atoms with Crippen LogP contribution in [0.2, 0.25) is 0 Å². The number of nitrogens with one attached hydrogen (secondary N) is 2. The van der Waals surface area contributed by atoms with Crippen molar-refractivity contribution in [1.29, 1.82) is 0 Å². The van der Waals surface area contributed by atoms with Crippen LogP contribution >= 0.6 is 0 Å². The monoisotopic (exact) mass is 379 g/mol. The number of benzene rings is 1. The number of nitrogens with zero attached hydrogens (tertiary/aromatic N) is 3. The highest BCUT2D eigenvalue weighted by molar-refractivity contribution is 5.99.